The van der Waals surface area contributed by atoms with Crippen molar-refractivity contribution in [1.82, 2.24) is 10.6 Å². The first kappa shape index (κ1) is 15.1. The molecule has 2 rings (SSSR count). The molecular weight excluding hydrogens is 264 g/mol. The van der Waals surface area contributed by atoms with Crippen molar-refractivity contribution in [2.75, 3.05) is 26.4 Å². The van der Waals surface area contributed by atoms with Gasteiger partial charge >= 0.3 is 12.0 Å². The van der Waals surface area contributed by atoms with Crippen molar-refractivity contribution in [2.45, 2.75) is 43.7 Å². The maximum atomic E-state index is 11.7. The fourth-order valence-corrected chi connectivity index (χ4v) is 2.59. The summed E-state index contributed by atoms with van der Waals surface area (Å²) in [5.74, 6) is -1.06. The summed E-state index contributed by atoms with van der Waals surface area (Å²) < 4.78 is 10.7. The minimum Gasteiger partial charge on any atom is -0.479 e. The average Bonchev–Trinajstić information content (AvgIpc) is 3.06. The first-order chi connectivity index (χ1) is 9.62. The van der Waals surface area contributed by atoms with Crippen LogP contribution in [0.5, 0.6) is 0 Å². The van der Waals surface area contributed by atoms with Crippen molar-refractivity contribution in [2.24, 2.45) is 0 Å². The summed E-state index contributed by atoms with van der Waals surface area (Å²) in [5, 5.41) is 14.3. The van der Waals surface area contributed by atoms with Crippen LogP contribution in [0, 0.1) is 0 Å². The Kier molecular flexibility index (Phi) is 5.19. The molecule has 1 heterocycles. The molecule has 2 aliphatic rings. The molecule has 1 atom stereocenters. The van der Waals surface area contributed by atoms with E-state index in [0.717, 1.165) is 12.8 Å². The van der Waals surface area contributed by atoms with E-state index in [1.807, 2.05) is 0 Å². The van der Waals surface area contributed by atoms with Crippen LogP contribution in [0.4, 0.5) is 4.79 Å². The van der Waals surface area contributed by atoms with Gasteiger partial charge in [-0.1, -0.05) is 12.8 Å². The fraction of sp³-hybridized carbons (Fsp3) is 0.846. The van der Waals surface area contributed by atoms with Crippen molar-refractivity contribution < 1.29 is 24.2 Å². The summed E-state index contributed by atoms with van der Waals surface area (Å²) in [4.78, 5) is 22.9. The van der Waals surface area contributed by atoms with Gasteiger partial charge in [0.15, 0.2) is 5.54 Å². The molecule has 0 radical (unpaired) electrons. The Labute approximate surface area is 118 Å². The van der Waals surface area contributed by atoms with Crippen molar-refractivity contribution in [1.29, 1.82) is 0 Å². The number of amides is 2. The molecule has 114 valence electrons. The number of ether oxygens (including phenoxy) is 2. The Bertz CT molecular complexity index is 349. The molecule has 0 aromatic carbocycles. The zero-order chi connectivity index (χ0) is 14.4. The van der Waals surface area contributed by atoms with E-state index in [2.05, 4.69) is 10.6 Å². The molecule has 1 aliphatic heterocycles. The van der Waals surface area contributed by atoms with Crippen molar-refractivity contribution in [3.8, 4) is 0 Å². The van der Waals surface area contributed by atoms with Crippen LogP contribution >= 0.6 is 0 Å². The molecule has 0 spiro atoms. The van der Waals surface area contributed by atoms with Crippen molar-refractivity contribution in [3.63, 3.8) is 0 Å². The lowest BCUT2D eigenvalue weighted by molar-refractivity contribution is -0.144. The number of hydrogen-bond donors (Lipinski definition) is 3. The third-order valence-corrected chi connectivity index (χ3v) is 3.83. The molecule has 7 nitrogen and oxygen atoms in total. The Morgan fingerprint density at radius 1 is 1.35 bits per heavy atom. The van der Waals surface area contributed by atoms with Gasteiger partial charge in [0.25, 0.3) is 0 Å². The topological polar surface area (TPSA) is 96.9 Å². The van der Waals surface area contributed by atoms with Gasteiger partial charge in [0.2, 0.25) is 0 Å². The average molecular weight is 286 g/mol. The molecule has 0 bridgehead atoms. The van der Waals surface area contributed by atoms with Crippen LogP contribution in [0.15, 0.2) is 0 Å². The predicted molar refractivity (Wildman–Crippen MR) is 70.5 cm³/mol. The lowest BCUT2D eigenvalue weighted by atomic mass is 9.99. The van der Waals surface area contributed by atoms with Gasteiger partial charge in [-0.15, -0.1) is 0 Å². The number of urea groups is 1. The highest BCUT2D eigenvalue weighted by Gasteiger charge is 2.43. The van der Waals surface area contributed by atoms with E-state index in [0.29, 0.717) is 25.9 Å². The van der Waals surface area contributed by atoms with E-state index in [9.17, 15) is 14.7 Å². The lowest BCUT2D eigenvalue weighted by Gasteiger charge is -2.23. The molecule has 1 aliphatic carbocycles. The third-order valence-electron chi connectivity index (χ3n) is 3.83. The summed E-state index contributed by atoms with van der Waals surface area (Å²) >= 11 is 0. The number of nitrogens with one attached hydrogen (secondary N) is 2. The number of carbonyl (C=O) groups is 2. The monoisotopic (exact) mass is 286 g/mol. The Morgan fingerprint density at radius 2 is 2.10 bits per heavy atom. The number of aliphatic carboxylic acids is 1. The second-order valence-corrected chi connectivity index (χ2v) is 5.35. The SMILES string of the molecule is O=C(NCCOC1CCCC1)NC1(C(=O)O)CCOC1. The normalized spacial score (nSPS) is 26.6. The molecular formula is C13H22N2O5. The van der Waals surface area contributed by atoms with Gasteiger partial charge in [-0.2, -0.15) is 0 Å². The molecule has 7 heteroatoms. The summed E-state index contributed by atoms with van der Waals surface area (Å²) in [7, 11) is 0. The van der Waals surface area contributed by atoms with Crippen LogP contribution in [0.3, 0.4) is 0 Å². The minimum absolute atomic E-state index is 0.00826. The smallest absolute Gasteiger partial charge is 0.332 e. The summed E-state index contributed by atoms with van der Waals surface area (Å²) in [6, 6.07) is -0.493. The predicted octanol–water partition coefficient (Wildman–Crippen LogP) is 0.488. The molecule has 1 saturated heterocycles. The quantitative estimate of drug-likeness (QED) is 0.617. The Balaban J connectivity index is 1.65. The van der Waals surface area contributed by atoms with E-state index in [-0.39, 0.29) is 13.0 Å². The maximum absolute atomic E-state index is 11.7. The molecule has 2 fully saturated rings. The van der Waals surface area contributed by atoms with Crippen LogP contribution in [0.1, 0.15) is 32.1 Å². The van der Waals surface area contributed by atoms with Gasteiger partial charge in [0.05, 0.1) is 19.3 Å². The van der Waals surface area contributed by atoms with Crippen molar-refractivity contribution in [3.05, 3.63) is 0 Å². The maximum Gasteiger partial charge on any atom is 0.332 e. The van der Waals surface area contributed by atoms with Gasteiger partial charge < -0.3 is 25.2 Å². The first-order valence-corrected chi connectivity index (χ1v) is 7.11. The highest BCUT2D eigenvalue weighted by molar-refractivity contribution is 5.86. The molecule has 1 saturated carbocycles. The molecule has 2 amide bonds. The Morgan fingerprint density at radius 3 is 2.70 bits per heavy atom. The van der Waals surface area contributed by atoms with Gasteiger partial charge in [-0.05, 0) is 12.8 Å². The molecule has 1 unspecified atom stereocenters. The first-order valence-electron chi connectivity index (χ1n) is 7.11. The number of carboxylic acids is 1. The zero-order valence-electron chi connectivity index (χ0n) is 11.5. The van der Waals surface area contributed by atoms with E-state index >= 15 is 0 Å². The van der Waals surface area contributed by atoms with Gasteiger partial charge in [0.1, 0.15) is 0 Å². The Hall–Kier alpha value is -1.34. The molecule has 3 N–H and O–H groups in total. The standard InChI is InChI=1S/C13H22N2O5/c16-11(17)13(5-7-19-9-13)15-12(18)14-6-8-20-10-3-1-2-4-10/h10H,1-9H2,(H,16,17)(H2,14,15,18). The minimum atomic E-state index is -1.30. The van der Waals surface area contributed by atoms with E-state index in [1.165, 1.54) is 12.8 Å². The van der Waals surface area contributed by atoms with Crippen LogP contribution in [0.25, 0.3) is 0 Å². The van der Waals surface area contributed by atoms with E-state index in [1.54, 1.807) is 0 Å². The number of hydrogen-bond acceptors (Lipinski definition) is 4. The van der Waals surface area contributed by atoms with Crippen LogP contribution in [-0.4, -0.2) is 55.1 Å². The number of carbonyl (C=O) groups excluding carboxylic acids is 1. The van der Waals surface area contributed by atoms with Crippen LogP contribution in [-0.2, 0) is 14.3 Å². The zero-order valence-corrected chi connectivity index (χ0v) is 11.5. The summed E-state index contributed by atoms with van der Waals surface area (Å²) in [6.07, 6.45) is 5.19. The fourth-order valence-electron chi connectivity index (χ4n) is 2.59. The summed E-state index contributed by atoms with van der Waals surface area (Å²) in [6.45, 7) is 1.18. The second-order valence-electron chi connectivity index (χ2n) is 5.35. The highest BCUT2D eigenvalue weighted by Crippen LogP contribution is 2.20. The van der Waals surface area contributed by atoms with Gasteiger partial charge in [-0.25, -0.2) is 9.59 Å². The van der Waals surface area contributed by atoms with Crippen molar-refractivity contribution >= 4 is 12.0 Å². The van der Waals surface area contributed by atoms with Crippen LogP contribution in [0.2, 0.25) is 0 Å². The van der Waals surface area contributed by atoms with E-state index < -0.39 is 17.5 Å². The molecule has 0 aromatic heterocycles. The van der Waals surface area contributed by atoms with Gasteiger partial charge in [-0.3, -0.25) is 0 Å². The van der Waals surface area contributed by atoms with E-state index in [4.69, 9.17) is 9.47 Å². The summed E-state index contributed by atoms with van der Waals surface area (Å²) in [5.41, 5.74) is -1.30. The number of rotatable bonds is 6. The molecule has 0 aromatic rings. The number of carboxylic acid groups (broad SMARTS) is 1. The largest absolute Gasteiger partial charge is 0.479 e. The lowest BCUT2D eigenvalue weighted by Crippen LogP contribution is -2.58. The second kappa shape index (κ2) is 6.90. The third kappa shape index (κ3) is 3.83. The van der Waals surface area contributed by atoms with Gasteiger partial charge in [0, 0.05) is 19.6 Å². The van der Waals surface area contributed by atoms with Crippen LogP contribution < -0.4 is 10.6 Å². The molecule has 20 heavy (non-hydrogen) atoms. The highest BCUT2D eigenvalue weighted by atomic mass is 16.5.